The Labute approximate surface area is 289 Å². The van der Waals surface area contributed by atoms with E-state index in [9.17, 15) is 18.8 Å². The van der Waals surface area contributed by atoms with Crippen molar-refractivity contribution >= 4 is 39.8 Å². The predicted molar refractivity (Wildman–Crippen MR) is 183 cm³/mol. The van der Waals surface area contributed by atoms with E-state index in [1.54, 1.807) is 13.2 Å². The molecule has 0 radical (unpaired) electrons. The lowest BCUT2D eigenvalue weighted by molar-refractivity contribution is -0.131. The van der Waals surface area contributed by atoms with E-state index in [0.29, 0.717) is 62.9 Å². The molecule has 5 heterocycles. The molecule has 0 bridgehead atoms. The van der Waals surface area contributed by atoms with E-state index < -0.39 is 23.6 Å². The molecule has 3 atom stereocenters. The Hall–Kier alpha value is -4.05. The molecule has 2 aromatic carbocycles. The van der Waals surface area contributed by atoms with Gasteiger partial charge in [-0.05, 0) is 55.7 Å². The minimum Gasteiger partial charge on any atom is -0.461 e. The van der Waals surface area contributed by atoms with Gasteiger partial charge in [-0.2, -0.15) is 15.2 Å². The zero-order valence-electron chi connectivity index (χ0n) is 27.6. The Morgan fingerprint density at radius 3 is 2.82 bits per heavy atom. The number of methoxy groups -OCH3 is 1. The maximum absolute atomic E-state index is 14.7. The van der Waals surface area contributed by atoms with Crippen LogP contribution in [0.1, 0.15) is 36.9 Å². The third kappa shape index (κ3) is 6.28. The summed E-state index contributed by atoms with van der Waals surface area (Å²) in [6, 6.07) is 10.8. The van der Waals surface area contributed by atoms with E-state index >= 15 is 0 Å². The fourth-order valence-corrected chi connectivity index (χ4v) is 8.69. The van der Waals surface area contributed by atoms with Gasteiger partial charge in [0, 0.05) is 56.5 Å². The first-order chi connectivity index (χ1) is 23.7. The lowest BCUT2D eigenvalue weighted by Gasteiger charge is -2.42. The number of benzene rings is 2. The van der Waals surface area contributed by atoms with Gasteiger partial charge in [0.2, 0.25) is 0 Å². The highest BCUT2D eigenvalue weighted by molar-refractivity contribution is 6.36. The molecule has 0 aliphatic carbocycles. The number of ether oxygens (including phenoxy) is 2. The van der Waals surface area contributed by atoms with Crippen molar-refractivity contribution in [3.63, 3.8) is 0 Å². The highest BCUT2D eigenvalue weighted by Crippen LogP contribution is 2.43. The number of rotatable bonds is 9. The van der Waals surface area contributed by atoms with E-state index in [1.165, 1.54) is 11.0 Å². The topological polar surface area (TPSA) is 98.1 Å². The van der Waals surface area contributed by atoms with Crippen LogP contribution < -0.4 is 14.5 Å². The summed E-state index contributed by atoms with van der Waals surface area (Å²) in [7, 11) is 1.74. The van der Waals surface area contributed by atoms with E-state index in [4.69, 9.17) is 31.0 Å². The highest BCUT2D eigenvalue weighted by Gasteiger charge is 2.49. The second-order valence-corrected chi connectivity index (χ2v) is 14.0. The number of halogens is 3. The Balaban J connectivity index is 1.23. The first kappa shape index (κ1) is 33.4. The summed E-state index contributed by atoms with van der Waals surface area (Å²) in [5.74, 6) is -1.17. The Kier molecular flexibility index (Phi) is 9.35. The van der Waals surface area contributed by atoms with Crippen molar-refractivity contribution in [2.75, 3.05) is 69.4 Å². The number of nitrogens with zero attached hydrogens (tertiary/aromatic N) is 7. The van der Waals surface area contributed by atoms with Crippen LogP contribution in [0.4, 0.5) is 20.3 Å². The zero-order chi connectivity index (χ0) is 34.3. The molecular weight excluding hydrogens is 652 g/mol. The minimum absolute atomic E-state index is 0.0410. The maximum Gasteiger partial charge on any atom is 0.318 e. The van der Waals surface area contributed by atoms with Gasteiger partial charge in [0.15, 0.2) is 5.83 Å². The number of aromatic nitrogens is 2. The fraction of sp³-hybridized carbons (Fsp3) is 0.500. The van der Waals surface area contributed by atoms with Crippen molar-refractivity contribution in [2.45, 2.75) is 50.2 Å². The van der Waals surface area contributed by atoms with Gasteiger partial charge in [0.1, 0.15) is 18.2 Å². The number of amides is 1. The monoisotopic (exact) mass is 691 g/mol. The van der Waals surface area contributed by atoms with Gasteiger partial charge in [-0.1, -0.05) is 36.4 Å². The number of anilines is 2. The van der Waals surface area contributed by atoms with Crippen LogP contribution in [0.25, 0.3) is 10.8 Å². The van der Waals surface area contributed by atoms with E-state index in [1.807, 2.05) is 18.2 Å². The largest absolute Gasteiger partial charge is 0.461 e. The second kappa shape index (κ2) is 13.7. The number of carbonyl (C=O) groups excluding carboxylic acids is 1. The van der Waals surface area contributed by atoms with Crippen molar-refractivity contribution < 1.29 is 23.0 Å². The molecular formula is C36H40ClF2N7O3. The predicted octanol–water partition coefficient (Wildman–Crippen LogP) is 5.28. The van der Waals surface area contributed by atoms with Gasteiger partial charge < -0.3 is 24.2 Å². The number of hydrogen-bond acceptors (Lipinski definition) is 9. The van der Waals surface area contributed by atoms with Crippen molar-refractivity contribution in [1.29, 1.82) is 5.26 Å². The summed E-state index contributed by atoms with van der Waals surface area (Å²) in [5, 5.41) is 11.2. The molecule has 4 aliphatic heterocycles. The molecule has 1 amide bonds. The summed E-state index contributed by atoms with van der Waals surface area (Å²) in [5.41, 5.74) is 2.45. The summed E-state index contributed by atoms with van der Waals surface area (Å²) in [4.78, 5) is 30.7. The van der Waals surface area contributed by atoms with Gasteiger partial charge >= 0.3 is 6.01 Å². The van der Waals surface area contributed by atoms with Crippen LogP contribution in [0.15, 0.2) is 42.7 Å². The van der Waals surface area contributed by atoms with Gasteiger partial charge in [0.05, 0.1) is 47.9 Å². The van der Waals surface area contributed by atoms with Crippen molar-refractivity contribution in [3.8, 4) is 12.1 Å². The van der Waals surface area contributed by atoms with Gasteiger partial charge in [-0.3, -0.25) is 9.69 Å². The van der Waals surface area contributed by atoms with Crippen LogP contribution in [0.2, 0.25) is 5.02 Å². The normalized spacial score (nSPS) is 23.8. The van der Waals surface area contributed by atoms with Crippen LogP contribution in [0.5, 0.6) is 6.01 Å². The minimum atomic E-state index is -1.04. The van der Waals surface area contributed by atoms with Crippen molar-refractivity contribution in [2.24, 2.45) is 5.92 Å². The van der Waals surface area contributed by atoms with Crippen molar-refractivity contribution in [1.82, 2.24) is 19.8 Å². The summed E-state index contributed by atoms with van der Waals surface area (Å²) >= 11 is 6.53. The molecule has 3 saturated heterocycles. The average molecular weight is 692 g/mol. The molecule has 10 nitrogen and oxygen atoms in total. The number of piperazine rings is 1. The SMILES string of the molecule is C=C(F)C(=O)N1CCN(c2nc(OCC34CCCN3CC(COC)C4)nc3c2CCN(c2cccc4ccc(F)c(Cl)c24)C3)C[C@@H]1CC#N. The molecule has 2 unspecified atom stereocenters. The third-order valence-electron chi connectivity index (χ3n) is 10.6. The summed E-state index contributed by atoms with van der Waals surface area (Å²) < 4.78 is 40.6. The van der Waals surface area contributed by atoms with Crippen LogP contribution in [-0.2, 0) is 22.5 Å². The lowest BCUT2D eigenvalue weighted by Crippen LogP contribution is -2.55. The molecule has 49 heavy (non-hydrogen) atoms. The van der Waals surface area contributed by atoms with Crippen LogP contribution in [0.3, 0.4) is 0 Å². The lowest BCUT2D eigenvalue weighted by atomic mass is 9.91. The molecule has 258 valence electrons. The quantitative estimate of drug-likeness (QED) is 0.278. The third-order valence-corrected chi connectivity index (χ3v) is 11.0. The maximum atomic E-state index is 14.7. The fourth-order valence-electron chi connectivity index (χ4n) is 8.42. The summed E-state index contributed by atoms with van der Waals surface area (Å²) in [6.45, 7) is 8.28. The molecule has 3 aromatic rings. The second-order valence-electron chi connectivity index (χ2n) is 13.6. The molecule has 0 saturated carbocycles. The zero-order valence-corrected chi connectivity index (χ0v) is 28.4. The summed E-state index contributed by atoms with van der Waals surface area (Å²) in [6.07, 6.45) is 3.75. The van der Waals surface area contributed by atoms with Gasteiger partial charge in [0.25, 0.3) is 5.91 Å². The average Bonchev–Trinajstić information content (AvgIpc) is 3.65. The van der Waals surface area contributed by atoms with E-state index in [0.717, 1.165) is 54.7 Å². The molecule has 13 heteroatoms. The van der Waals surface area contributed by atoms with E-state index in [-0.39, 0.29) is 29.5 Å². The number of fused-ring (bicyclic) bond motifs is 3. The first-order valence-electron chi connectivity index (χ1n) is 16.9. The molecule has 7 rings (SSSR count). The molecule has 1 aromatic heterocycles. The Morgan fingerprint density at radius 1 is 1.16 bits per heavy atom. The highest BCUT2D eigenvalue weighted by atomic mass is 35.5. The van der Waals surface area contributed by atoms with Gasteiger partial charge in [-0.15, -0.1) is 0 Å². The first-order valence-corrected chi connectivity index (χ1v) is 17.2. The smallest absolute Gasteiger partial charge is 0.318 e. The molecule has 3 fully saturated rings. The van der Waals surface area contributed by atoms with Crippen molar-refractivity contribution in [3.05, 3.63) is 64.8 Å². The number of nitriles is 1. The van der Waals surface area contributed by atoms with Gasteiger partial charge in [-0.25, -0.2) is 8.78 Å². The van der Waals surface area contributed by atoms with Crippen LogP contribution in [0, 0.1) is 23.1 Å². The van der Waals surface area contributed by atoms with Crippen LogP contribution in [-0.4, -0.2) is 96.8 Å². The molecule has 4 aliphatic rings. The van der Waals surface area contributed by atoms with Crippen LogP contribution >= 0.6 is 11.6 Å². The standard InChI is InChI=1S/C36H40ClF2N7O3/c1-23(38)34(47)46-16-15-44(19-26(46)9-12-40)33-27-10-14-43(30-6-3-5-25-7-8-28(39)32(37)31(25)30)20-29(27)41-35(42-33)49-22-36-11-4-13-45(36)18-24(17-36)21-48-2/h3,5-8,24,26H,1,4,9-11,13-22H2,2H3/t24?,26-,36?/m0/s1. The Morgan fingerprint density at radius 2 is 2.02 bits per heavy atom. The Bertz CT molecular complexity index is 1820. The number of carbonyl (C=O) groups is 1. The molecule has 0 spiro atoms. The molecule has 0 N–H and O–H groups in total. The number of hydrogen-bond donors (Lipinski definition) is 0. The van der Waals surface area contributed by atoms with E-state index in [2.05, 4.69) is 27.3 Å².